The van der Waals surface area contributed by atoms with Gasteiger partial charge in [-0.2, -0.15) is 0 Å². The van der Waals surface area contributed by atoms with Crippen LogP contribution in [0.25, 0.3) is 0 Å². The maximum atomic E-state index is 12.4. The Morgan fingerprint density at radius 2 is 1.30 bits per heavy atom. The molecular formula is C25H25NO4. The highest BCUT2D eigenvalue weighted by molar-refractivity contribution is 6.04. The number of carbonyl (C=O) groups is 1. The second-order valence-corrected chi connectivity index (χ2v) is 6.76. The van der Waals surface area contributed by atoms with Gasteiger partial charge in [-0.05, 0) is 73.2 Å². The summed E-state index contributed by atoms with van der Waals surface area (Å²) in [5.74, 6) is 2.04. The number of hydrogen-bond acceptors (Lipinski definition) is 4. The monoisotopic (exact) mass is 403 g/mol. The topological polar surface area (TPSA) is 56.8 Å². The van der Waals surface area contributed by atoms with E-state index in [0.29, 0.717) is 42.6 Å². The summed E-state index contributed by atoms with van der Waals surface area (Å²) in [6.07, 6.45) is 0. The van der Waals surface area contributed by atoms with E-state index in [9.17, 15) is 4.79 Å². The van der Waals surface area contributed by atoms with Crippen LogP contribution >= 0.6 is 0 Å². The Kier molecular flexibility index (Phi) is 7.50. The number of rotatable bonds is 10. The molecule has 154 valence electrons. The summed E-state index contributed by atoms with van der Waals surface area (Å²) >= 11 is 0. The summed E-state index contributed by atoms with van der Waals surface area (Å²) in [5.41, 5.74) is 2.18. The van der Waals surface area contributed by atoms with Gasteiger partial charge in [0, 0.05) is 11.3 Å². The van der Waals surface area contributed by atoms with Crippen molar-refractivity contribution in [2.24, 2.45) is 0 Å². The number of anilines is 1. The van der Waals surface area contributed by atoms with E-state index in [1.54, 1.807) is 36.4 Å². The fourth-order valence-electron chi connectivity index (χ4n) is 2.58. The van der Waals surface area contributed by atoms with Gasteiger partial charge in [0.25, 0.3) is 5.91 Å². The average molecular weight is 403 g/mol. The number of para-hydroxylation sites is 1. The molecule has 30 heavy (non-hydrogen) atoms. The van der Waals surface area contributed by atoms with Crippen molar-refractivity contribution in [3.63, 3.8) is 0 Å². The van der Waals surface area contributed by atoms with Gasteiger partial charge in [-0.25, -0.2) is 0 Å². The number of amides is 1. The van der Waals surface area contributed by atoms with E-state index in [1.165, 1.54) is 0 Å². The lowest BCUT2D eigenvalue weighted by atomic mass is 10.2. The molecule has 0 aliphatic carbocycles. The van der Waals surface area contributed by atoms with Crippen LogP contribution in [0, 0.1) is 0 Å². The average Bonchev–Trinajstić information content (AvgIpc) is 2.77. The minimum Gasteiger partial charge on any atom is -0.490 e. The molecular weight excluding hydrogens is 378 g/mol. The molecule has 0 unspecified atom stereocenters. The van der Waals surface area contributed by atoms with E-state index >= 15 is 0 Å². The van der Waals surface area contributed by atoms with Gasteiger partial charge < -0.3 is 19.5 Å². The standard InChI is InChI=1S/C25H25NO4/c1-19(2)18-30-24-12-8-20(9-13-24)25(27)26-21-10-14-23(15-11-21)29-17-16-28-22-6-4-3-5-7-22/h3-15H,1,16-18H2,2H3,(H,26,27). The molecule has 1 N–H and O–H groups in total. The second kappa shape index (κ2) is 10.7. The first-order valence-corrected chi connectivity index (χ1v) is 9.69. The first-order chi connectivity index (χ1) is 14.6. The lowest BCUT2D eigenvalue weighted by molar-refractivity contribution is 0.102. The van der Waals surface area contributed by atoms with Crippen LogP contribution in [0.3, 0.4) is 0 Å². The van der Waals surface area contributed by atoms with Crippen LogP contribution in [0.15, 0.2) is 91.0 Å². The molecule has 5 heteroatoms. The third-order valence-corrected chi connectivity index (χ3v) is 4.08. The normalized spacial score (nSPS) is 10.2. The van der Waals surface area contributed by atoms with Crippen molar-refractivity contribution in [3.8, 4) is 17.2 Å². The van der Waals surface area contributed by atoms with E-state index in [4.69, 9.17) is 14.2 Å². The molecule has 3 aromatic carbocycles. The Morgan fingerprint density at radius 1 is 0.767 bits per heavy atom. The molecule has 0 saturated carbocycles. The van der Waals surface area contributed by atoms with Gasteiger partial charge >= 0.3 is 0 Å². The van der Waals surface area contributed by atoms with Gasteiger partial charge in [0.05, 0.1) is 0 Å². The first kappa shape index (κ1) is 21.0. The zero-order valence-electron chi connectivity index (χ0n) is 17.0. The SMILES string of the molecule is C=C(C)COc1ccc(C(=O)Nc2ccc(OCCOc3ccccc3)cc2)cc1. The number of benzene rings is 3. The Balaban J connectivity index is 1.44. The Morgan fingerprint density at radius 3 is 1.90 bits per heavy atom. The van der Waals surface area contributed by atoms with Crippen molar-refractivity contribution >= 4 is 11.6 Å². The molecule has 0 fully saturated rings. The summed E-state index contributed by atoms with van der Waals surface area (Å²) in [6, 6.07) is 23.8. The van der Waals surface area contributed by atoms with E-state index in [2.05, 4.69) is 11.9 Å². The maximum Gasteiger partial charge on any atom is 0.255 e. The van der Waals surface area contributed by atoms with Gasteiger partial charge in [-0.3, -0.25) is 4.79 Å². The number of hydrogen-bond donors (Lipinski definition) is 1. The van der Waals surface area contributed by atoms with Crippen LogP contribution in [-0.4, -0.2) is 25.7 Å². The molecule has 3 rings (SSSR count). The Bertz CT molecular complexity index is 951. The molecule has 0 spiro atoms. The van der Waals surface area contributed by atoms with Crippen molar-refractivity contribution in [2.45, 2.75) is 6.92 Å². The zero-order chi connectivity index (χ0) is 21.2. The molecule has 0 aliphatic rings. The first-order valence-electron chi connectivity index (χ1n) is 9.69. The minimum atomic E-state index is -0.189. The van der Waals surface area contributed by atoms with Gasteiger partial charge in [-0.15, -0.1) is 0 Å². The van der Waals surface area contributed by atoms with Crippen LogP contribution in [0.5, 0.6) is 17.2 Å². The molecule has 0 aromatic heterocycles. The lowest BCUT2D eigenvalue weighted by Crippen LogP contribution is -2.12. The van der Waals surface area contributed by atoms with Crippen LogP contribution in [0.2, 0.25) is 0 Å². The molecule has 1 amide bonds. The smallest absolute Gasteiger partial charge is 0.255 e. The summed E-state index contributed by atoms with van der Waals surface area (Å²) in [5, 5.41) is 2.87. The van der Waals surface area contributed by atoms with Gasteiger partial charge in [0.1, 0.15) is 37.1 Å². The van der Waals surface area contributed by atoms with Crippen LogP contribution in [0.4, 0.5) is 5.69 Å². The third kappa shape index (κ3) is 6.71. The Labute approximate surface area is 176 Å². The Hall–Kier alpha value is -3.73. The quantitative estimate of drug-likeness (QED) is 0.366. The van der Waals surface area contributed by atoms with Crippen molar-refractivity contribution in [1.29, 1.82) is 0 Å². The van der Waals surface area contributed by atoms with Crippen molar-refractivity contribution in [2.75, 3.05) is 25.1 Å². The molecule has 0 aliphatic heterocycles. The third-order valence-electron chi connectivity index (χ3n) is 4.08. The highest BCUT2D eigenvalue weighted by Gasteiger charge is 2.07. The highest BCUT2D eigenvalue weighted by Crippen LogP contribution is 2.18. The molecule has 5 nitrogen and oxygen atoms in total. The molecule has 0 bridgehead atoms. The van der Waals surface area contributed by atoms with Crippen molar-refractivity contribution in [1.82, 2.24) is 0 Å². The fourth-order valence-corrected chi connectivity index (χ4v) is 2.58. The number of ether oxygens (including phenoxy) is 3. The van der Waals surface area contributed by atoms with Crippen molar-refractivity contribution in [3.05, 3.63) is 96.6 Å². The number of carbonyl (C=O) groups excluding carboxylic acids is 1. The van der Waals surface area contributed by atoms with E-state index in [0.717, 1.165) is 11.3 Å². The van der Waals surface area contributed by atoms with E-state index in [1.807, 2.05) is 49.4 Å². The molecule has 0 heterocycles. The summed E-state index contributed by atoms with van der Waals surface area (Å²) in [4.78, 5) is 12.4. The molecule has 3 aromatic rings. The van der Waals surface area contributed by atoms with Crippen LogP contribution in [0.1, 0.15) is 17.3 Å². The lowest BCUT2D eigenvalue weighted by Gasteiger charge is -2.10. The second-order valence-electron chi connectivity index (χ2n) is 6.76. The van der Waals surface area contributed by atoms with Gasteiger partial charge in [-0.1, -0.05) is 24.8 Å². The van der Waals surface area contributed by atoms with E-state index in [-0.39, 0.29) is 5.91 Å². The summed E-state index contributed by atoms with van der Waals surface area (Å²) in [7, 11) is 0. The molecule has 0 atom stereocenters. The fraction of sp³-hybridized carbons (Fsp3) is 0.160. The summed E-state index contributed by atoms with van der Waals surface area (Å²) < 4.78 is 16.8. The predicted molar refractivity (Wildman–Crippen MR) is 119 cm³/mol. The van der Waals surface area contributed by atoms with Gasteiger partial charge in [0.2, 0.25) is 0 Å². The molecule has 0 saturated heterocycles. The van der Waals surface area contributed by atoms with Crippen molar-refractivity contribution < 1.29 is 19.0 Å². The number of nitrogens with one attached hydrogen (secondary N) is 1. The largest absolute Gasteiger partial charge is 0.490 e. The maximum absolute atomic E-state index is 12.4. The predicted octanol–water partition coefficient (Wildman–Crippen LogP) is 5.35. The van der Waals surface area contributed by atoms with Crippen LogP contribution in [-0.2, 0) is 0 Å². The summed E-state index contributed by atoms with van der Waals surface area (Å²) in [6.45, 7) is 7.04. The highest BCUT2D eigenvalue weighted by atomic mass is 16.5. The minimum absolute atomic E-state index is 0.189. The molecule has 0 radical (unpaired) electrons. The van der Waals surface area contributed by atoms with Crippen LogP contribution < -0.4 is 19.5 Å². The van der Waals surface area contributed by atoms with E-state index < -0.39 is 0 Å². The van der Waals surface area contributed by atoms with Gasteiger partial charge in [0.15, 0.2) is 0 Å². The zero-order valence-corrected chi connectivity index (χ0v) is 17.0.